The smallest absolute Gasteiger partial charge is 0.119 e. The molecule has 2 heterocycles. The van der Waals surface area contributed by atoms with Crippen molar-refractivity contribution in [1.82, 2.24) is 9.80 Å². The van der Waals surface area contributed by atoms with Crippen LogP contribution in [0.1, 0.15) is 24.8 Å². The van der Waals surface area contributed by atoms with Gasteiger partial charge in [-0.25, -0.2) is 0 Å². The molecule has 2 aliphatic heterocycles. The third-order valence-corrected chi connectivity index (χ3v) is 4.70. The zero-order valence-corrected chi connectivity index (χ0v) is 12.8. The molecule has 0 spiro atoms. The maximum Gasteiger partial charge on any atom is 0.119 e. The predicted molar refractivity (Wildman–Crippen MR) is 85.5 cm³/mol. The van der Waals surface area contributed by atoms with Gasteiger partial charge >= 0.3 is 0 Å². The number of nitrogens with zero attached hydrogens (tertiary/aromatic N) is 2. The monoisotopic (exact) mass is 289 g/mol. The van der Waals surface area contributed by atoms with Crippen LogP contribution in [-0.4, -0.2) is 55.2 Å². The number of benzene rings is 1. The van der Waals surface area contributed by atoms with Crippen LogP contribution in [0.25, 0.3) is 0 Å². The second kappa shape index (κ2) is 7.25. The Bertz CT molecular complexity index is 451. The Kier molecular flexibility index (Phi) is 5.12. The van der Waals surface area contributed by atoms with Gasteiger partial charge in [-0.2, -0.15) is 0 Å². The summed E-state index contributed by atoms with van der Waals surface area (Å²) in [5, 5.41) is 0. The number of hydrogen-bond acceptors (Lipinski definition) is 4. The first kappa shape index (κ1) is 14.8. The van der Waals surface area contributed by atoms with E-state index in [1.165, 1.54) is 45.4 Å². The van der Waals surface area contributed by atoms with Crippen LogP contribution in [0.2, 0.25) is 0 Å². The summed E-state index contributed by atoms with van der Waals surface area (Å²) < 4.78 is 5.89. The summed E-state index contributed by atoms with van der Waals surface area (Å²) in [6.45, 7) is 7.37. The number of nitrogens with two attached hydrogens (primary N) is 1. The Balaban J connectivity index is 1.46. The van der Waals surface area contributed by atoms with E-state index in [0.29, 0.717) is 6.54 Å². The lowest BCUT2D eigenvalue weighted by Crippen LogP contribution is -2.38. The molecule has 21 heavy (non-hydrogen) atoms. The lowest BCUT2D eigenvalue weighted by atomic mass is 10.2. The summed E-state index contributed by atoms with van der Waals surface area (Å²) in [5.41, 5.74) is 6.79. The molecule has 0 aromatic heterocycles. The Morgan fingerprint density at radius 1 is 1.19 bits per heavy atom. The van der Waals surface area contributed by atoms with Gasteiger partial charge in [-0.15, -0.1) is 0 Å². The first-order valence-corrected chi connectivity index (χ1v) is 8.23. The molecule has 4 nitrogen and oxygen atoms in total. The minimum atomic E-state index is 0.570. The molecule has 0 saturated carbocycles. The summed E-state index contributed by atoms with van der Waals surface area (Å²) >= 11 is 0. The minimum Gasteiger partial charge on any atom is -0.492 e. The van der Waals surface area contributed by atoms with Crippen LogP contribution in [0.5, 0.6) is 5.75 Å². The molecule has 1 aromatic carbocycles. The first-order valence-electron chi connectivity index (χ1n) is 8.23. The van der Waals surface area contributed by atoms with Gasteiger partial charge in [0.1, 0.15) is 12.4 Å². The molecule has 1 unspecified atom stereocenters. The van der Waals surface area contributed by atoms with Gasteiger partial charge in [-0.05, 0) is 56.6 Å². The summed E-state index contributed by atoms with van der Waals surface area (Å²) in [7, 11) is 0. The SMILES string of the molecule is NCc1cccc(OCCN2CCCN3CCCC3C2)c1. The molecule has 1 aromatic rings. The van der Waals surface area contributed by atoms with Gasteiger partial charge < -0.3 is 10.5 Å². The zero-order chi connectivity index (χ0) is 14.5. The standard InChI is InChI=1S/C17H27N3O/c18-13-15-4-1-6-17(12-15)21-11-10-19-7-3-9-20-8-2-5-16(20)14-19/h1,4,6,12,16H,2-3,5,7-11,13-14,18H2. The zero-order valence-electron chi connectivity index (χ0n) is 12.8. The Labute approximate surface area is 127 Å². The van der Waals surface area contributed by atoms with Crippen molar-refractivity contribution in [2.75, 3.05) is 39.3 Å². The highest BCUT2D eigenvalue weighted by molar-refractivity contribution is 5.28. The Morgan fingerprint density at radius 3 is 3.00 bits per heavy atom. The third-order valence-electron chi connectivity index (χ3n) is 4.70. The summed E-state index contributed by atoms with van der Waals surface area (Å²) in [6, 6.07) is 8.89. The van der Waals surface area contributed by atoms with Crippen LogP contribution in [0.15, 0.2) is 24.3 Å². The maximum absolute atomic E-state index is 5.89. The first-order chi connectivity index (χ1) is 10.3. The molecule has 2 fully saturated rings. The van der Waals surface area contributed by atoms with Crippen molar-refractivity contribution in [2.45, 2.75) is 31.8 Å². The van der Waals surface area contributed by atoms with Gasteiger partial charge in [-0.1, -0.05) is 12.1 Å². The van der Waals surface area contributed by atoms with E-state index < -0.39 is 0 Å². The maximum atomic E-state index is 5.89. The van der Waals surface area contributed by atoms with Gasteiger partial charge in [0, 0.05) is 25.7 Å². The predicted octanol–water partition coefficient (Wildman–Crippen LogP) is 1.69. The molecule has 1 atom stereocenters. The third kappa shape index (κ3) is 3.96. The molecule has 0 bridgehead atoms. The molecule has 3 rings (SSSR count). The van der Waals surface area contributed by atoms with E-state index in [9.17, 15) is 0 Å². The van der Waals surface area contributed by atoms with Gasteiger partial charge in [0.05, 0.1) is 0 Å². The Morgan fingerprint density at radius 2 is 2.10 bits per heavy atom. The van der Waals surface area contributed by atoms with Gasteiger partial charge in [0.25, 0.3) is 0 Å². The van der Waals surface area contributed by atoms with Crippen LogP contribution in [0, 0.1) is 0 Å². The van der Waals surface area contributed by atoms with Crippen LogP contribution in [0.4, 0.5) is 0 Å². The second-order valence-corrected chi connectivity index (χ2v) is 6.19. The van der Waals surface area contributed by atoms with Gasteiger partial charge in [-0.3, -0.25) is 9.80 Å². The molecule has 0 radical (unpaired) electrons. The fraction of sp³-hybridized carbons (Fsp3) is 0.647. The van der Waals surface area contributed by atoms with E-state index in [1.54, 1.807) is 0 Å². The van der Waals surface area contributed by atoms with Crippen LogP contribution < -0.4 is 10.5 Å². The van der Waals surface area contributed by atoms with Crippen molar-refractivity contribution < 1.29 is 4.74 Å². The lowest BCUT2D eigenvalue weighted by molar-refractivity contribution is 0.188. The molecule has 2 saturated heterocycles. The Hall–Kier alpha value is -1.10. The highest BCUT2D eigenvalue weighted by Crippen LogP contribution is 2.21. The number of hydrogen-bond donors (Lipinski definition) is 1. The van der Waals surface area contributed by atoms with Gasteiger partial charge in [0.2, 0.25) is 0 Å². The number of rotatable bonds is 5. The fourth-order valence-electron chi connectivity index (χ4n) is 3.54. The highest BCUT2D eigenvalue weighted by Gasteiger charge is 2.28. The molecular formula is C17H27N3O. The molecule has 2 aliphatic rings. The highest BCUT2D eigenvalue weighted by atomic mass is 16.5. The summed E-state index contributed by atoms with van der Waals surface area (Å²) in [4.78, 5) is 5.24. The molecule has 0 aliphatic carbocycles. The topological polar surface area (TPSA) is 41.7 Å². The normalized spacial score (nSPS) is 23.8. The van der Waals surface area contributed by atoms with E-state index in [1.807, 2.05) is 24.3 Å². The molecule has 116 valence electrons. The molecule has 4 heteroatoms. The van der Waals surface area contributed by atoms with Crippen molar-refractivity contribution in [1.29, 1.82) is 0 Å². The fourth-order valence-corrected chi connectivity index (χ4v) is 3.54. The summed E-state index contributed by atoms with van der Waals surface area (Å²) in [6.07, 6.45) is 4.04. The van der Waals surface area contributed by atoms with Crippen molar-refractivity contribution in [2.24, 2.45) is 5.73 Å². The quantitative estimate of drug-likeness (QED) is 0.896. The van der Waals surface area contributed by atoms with Crippen molar-refractivity contribution in [3.8, 4) is 5.75 Å². The lowest BCUT2D eigenvalue weighted by Gasteiger charge is -2.25. The average Bonchev–Trinajstić information content (AvgIpc) is 2.86. The molecular weight excluding hydrogens is 262 g/mol. The van der Waals surface area contributed by atoms with E-state index in [2.05, 4.69) is 9.80 Å². The van der Waals surface area contributed by atoms with E-state index in [-0.39, 0.29) is 0 Å². The second-order valence-electron chi connectivity index (χ2n) is 6.19. The number of ether oxygens (including phenoxy) is 1. The molecule has 2 N–H and O–H groups in total. The largest absolute Gasteiger partial charge is 0.492 e. The van der Waals surface area contributed by atoms with Crippen LogP contribution in [0.3, 0.4) is 0 Å². The van der Waals surface area contributed by atoms with E-state index >= 15 is 0 Å². The molecule has 0 amide bonds. The van der Waals surface area contributed by atoms with E-state index in [0.717, 1.165) is 30.5 Å². The van der Waals surface area contributed by atoms with E-state index in [4.69, 9.17) is 10.5 Å². The van der Waals surface area contributed by atoms with Crippen LogP contribution >= 0.6 is 0 Å². The van der Waals surface area contributed by atoms with Gasteiger partial charge in [0.15, 0.2) is 0 Å². The average molecular weight is 289 g/mol. The number of fused-ring (bicyclic) bond motifs is 1. The van der Waals surface area contributed by atoms with Crippen LogP contribution in [-0.2, 0) is 6.54 Å². The summed E-state index contributed by atoms with van der Waals surface area (Å²) in [5.74, 6) is 0.940. The van der Waals surface area contributed by atoms with Crippen molar-refractivity contribution in [3.63, 3.8) is 0 Å². The van der Waals surface area contributed by atoms with Crippen molar-refractivity contribution >= 4 is 0 Å². The minimum absolute atomic E-state index is 0.570. The van der Waals surface area contributed by atoms with Crippen molar-refractivity contribution in [3.05, 3.63) is 29.8 Å².